The minimum Gasteiger partial charge on any atom is -0.497 e. The van der Waals surface area contributed by atoms with Crippen molar-refractivity contribution in [3.05, 3.63) is 71.8 Å². The molecule has 0 N–H and O–H groups in total. The molecule has 0 aromatic heterocycles. The van der Waals surface area contributed by atoms with Crippen LogP contribution in [0.3, 0.4) is 0 Å². The van der Waals surface area contributed by atoms with Crippen molar-refractivity contribution < 1.29 is 33.2 Å². The van der Waals surface area contributed by atoms with E-state index in [1.807, 2.05) is 80.6 Å². The Morgan fingerprint density at radius 3 is 2.48 bits per heavy atom. The van der Waals surface area contributed by atoms with E-state index in [-0.39, 0.29) is 18.8 Å². The zero-order chi connectivity index (χ0) is 22.9. The monoisotopic (exact) mass is 454 g/mol. The predicted octanol–water partition coefficient (Wildman–Crippen LogP) is 3.91. The van der Waals surface area contributed by atoms with E-state index in [1.54, 1.807) is 7.11 Å². The van der Waals surface area contributed by atoms with Crippen LogP contribution >= 0.6 is 0 Å². The van der Waals surface area contributed by atoms with Crippen LogP contribution in [0, 0.1) is 0 Å². The van der Waals surface area contributed by atoms with Gasteiger partial charge in [0, 0.05) is 0 Å². The van der Waals surface area contributed by atoms with E-state index < -0.39 is 24.0 Å². The van der Waals surface area contributed by atoms with Gasteiger partial charge in [0.2, 0.25) is 5.79 Å². The summed E-state index contributed by atoms with van der Waals surface area (Å²) < 4.78 is 42.4. The molecule has 0 aliphatic carbocycles. The fourth-order valence-electron chi connectivity index (χ4n) is 4.42. The third kappa shape index (κ3) is 4.84. The minimum absolute atomic E-state index is 0.254. The summed E-state index contributed by atoms with van der Waals surface area (Å²) >= 11 is 0. The molecule has 2 aromatic carbocycles. The first-order valence-electron chi connectivity index (χ1n) is 11.2. The molecule has 0 bridgehead atoms. The van der Waals surface area contributed by atoms with Gasteiger partial charge in [-0.3, -0.25) is 0 Å². The number of fused-ring (bicyclic) bond motifs is 1. The molecule has 3 heterocycles. The molecule has 1 spiro atoms. The SMILES string of the molecule is COc1ccc(CO[C@H]2[C@@H]3O[C@@H](/C=C/c4ccccc4)O[C@@H]3CO[C@]23COC(C)(C)O3)cc1. The number of hydrogen-bond acceptors (Lipinski definition) is 7. The van der Waals surface area contributed by atoms with E-state index in [2.05, 4.69) is 0 Å². The number of benzene rings is 2. The molecule has 0 amide bonds. The van der Waals surface area contributed by atoms with Gasteiger partial charge in [0.15, 0.2) is 12.1 Å². The second-order valence-electron chi connectivity index (χ2n) is 8.91. The van der Waals surface area contributed by atoms with Gasteiger partial charge in [0.25, 0.3) is 0 Å². The molecule has 0 radical (unpaired) electrons. The molecule has 0 unspecified atom stereocenters. The first kappa shape index (κ1) is 22.5. The Hall–Kier alpha value is -2.26. The number of rotatable bonds is 6. The molecule has 7 heteroatoms. The number of ether oxygens (including phenoxy) is 7. The summed E-state index contributed by atoms with van der Waals surface area (Å²) in [6, 6.07) is 17.8. The molecule has 33 heavy (non-hydrogen) atoms. The lowest BCUT2D eigenvalue weighted by Crippen LogP contribution is -2.62. The van der Waals surface area contributed by atoms with Gasteiger partial charge in [-0.05, 0) is 43.2 Å². The lowest BCUT2D eigenvalue weighted by molar-refractivity contribution is -0.335. The van der Waals surface area contributed by atoms with Crippen molar-refractivity contribution >= 4 is 6.08 Å². The minimum atomic E-state index is -1.06. The standard InChI is InChI=1S/C26H30O7/c1-25(2)30-17-26(33-25)24(28-15-19-9-12-20(27-3)13-10-19)23-21(16-29-26)31-22(32-23)14-11-18-7-5-4-6-8-18/h4-14,21-24H,15-17H2,1-3H3/b14-11+/t21-,22+,23-,24+,26+/m1/s1. The summed E-state index contributed by atoms with van der Waals surface area (Å²) in [6.45, 7) is 4.69. The van der Waals surface area contributed by atoms with E-state index in [4.69, 9.17) is 33.2 Å². The quantitative estimate of drug-likeness (QED) is 0.656. The first-order chi connectivity index (χ1) is 16.0. The third-order valence-corrected chi connectivity index (χ3v) is 6.06. The summed E-state index contributed by atoms with van der Waals surface area (Å²) in [4.78, 5) is 0. The van der Waals surface area contributed by atoms with Crippen LogP contribution in [0.5, 0.6) is 5.75 Å². The Bertz CT molecular complexity index is 958. The van der Waals surface area contributed by atoms with Crippen LogP contribution in [0.1, 0.15) is 25.0 Å². The zero-order valence-corrected chi connectivity index (χ0v) is 19.1. The predicted molar refractivity (Wildman–Crippen MR) is 120 cm³/mol. The summed E-state index contributed by atoms with van der Waals surface area (Å²) in [6.07, 6.45) is 2.24. The molecular weight excluding hydrogens is 424 g/mol. The van der Waals surface area contributed by atoms with Crippen molar-refractivity contribution in [3.8, 4) is 5.75 Å². The number of methoxy groups -OCH3 is 1. The summed E-state index contributed by atoms with van der Waals surface area (Å²) in [5.41, 5.74) is 2.08. The smallest absolute Gasteiger partial charge is 0.224 e. The highest BCUT2D eigenvalue weighted by Gasteiger charge is 2.62. The van der Waals surface area contributed by atoms with Gasteiger partial charge in [-0.1, -0.05) is 48.5 Å². The maximum Gasteiger partial charge on any atom is 0.224 e. The Balaban J connectivity index is 1.33. The average molecular weight is 455 g/mol. The molecule has 3 aliphatic heterocycles. The van der Waals surface area contributed by atoms with Gasteiger partial charge >= 0.3 is 0 Å². The fourth-order valence-corrected chi connectivity index (χ4v) is 4.42. The second-order valence-corrected chi connectivity index (χ2v) is 8.91. The topological polar surface area (TPSA) is 64.6 Å². The van der Waals surface area contributed by atoms with Crippen LogP contribution in [0.4, 0.5) is 0 Å². The van der Waals surface area contributed by atoms with Crippen molar-refractivity contribution in [1.29, 1.82) is 0 Å². The highest BCUT2D eigenvalue weighted by Crippen LogP contribution is 2.43. The second kappa shape index (κ2) is 9.18. The summed E-state index contributed by atoms with van der Waals surface area (Å²) in [5, 5.41) is 0. The zero-order valence-electron chi connectivity index (χ0n) is 19.1. The van der Waals surface area contributed by atoms with Crippen molar-refractivity contribution in [1.82, 2.24) is 0 Å². The van der Waals surface area contributed by atoms with Gasteiger partial charge in [0.05, 0.1) is 20.3 Å². The van der Waals surface area contributed by atoms with Crippen LogP contribution in [-0.4, -0.2) is 56.5 Å². The number of hydrogen-bond donors (Lipinski definition) is 0. The van der Waals surface area contributed by atoms with Gasteiger partial charge in [-0.25, -0.2) is 0 Å². The van der Waals surface area contributed by atoms with Gasteiger partial charge in [0.1, 0.15) is 30.7 Å². The molecule has 3 saturated heterocycles. The molecule has 5 rings (SSSR count). The molecule has 0 saturated carbocycles. The average Bonchev–Trinajstić information content (AvgIpc) is 3.38. The lowest BCUT2D eigenvalue weighted by Gasteiger charge is -2.43. The molecule has 3 aliphatic rings. The molecule has 3 fully saturated rings. The molecular formula is C26H30O7. The van der Waals surface area contributed by atoms with E-state index in [9.17, 15) is 0 Å². The van der Waals surface area contributed by atoms with Crippen LogP contribution in [0.25, 0.3) is 6.08 Å². The van der Waals surface area contributed by atoms with Crippen LogP contribution in [0.2, 0.25) is 0 Å². The first-order valence-corrected chi connectivity index (χ1v) is 11.2. The third-order valence-electron chi connectivity index (χ3n) is 6.06. The molecule has 176 valence electrons. The maximum absolute atomic E-state index is 6.40. The highest BCUT2D eigenvalue weighted by molar-refractivity contribution is 5.49. The van der Waals surface area contributed by atoms with E-state index >= 15 is 0 Å². The van der Waals surface area contributed by atoms with Crippen LogP contribution in [-0.2, 0) is 35.0 Å². The molecule has 5 atom stereocenters. The van der Waals surface area contributed by atoms with Crippen LogP contribution in [0.15, 0.2) is 60.7 Å². The fraction of sp³-hybridized carbons (Fsp3) is 0.462. The Kier molecular flexibility index (Phi) is 6.26. The molecule has 2 aromatic rings. The van der Waals surface area contributed by atoms with Gasteiger partial charge in [-0.2, -0.15) is 0 Å². The largest absolute Gasteiger partial charge is 0.497 e. The van der Waals surface area contributed by atoms with E-state index in [0.29, 0.717) is 13.2 Å². The van der Waals surface area contributed by atoms with Crippen molar-refractivity contribution in [2.45, 2.75) is 56.6 Å². The Labute approximate surface area is 194 Å². The molecule has 7 nitrogen and oxygen atoms in total. The summed E-state index contributed by atoms with van der Waals surface area (Å²) in [7, 11) is 1.65. The Morgan fingerprint density at radius 1 is 1.00 bits per heavy atom. The normalized spacial score (nSPS) is 32.9. The lowest BCUT2D eigenvalue weighted by atomic mass is 9.97. The van der Waals surface area contributed by atoms with E-state index in [1.165, 1.54) is 0 Å². The van der Waals surface area contributed by atoms with Crippen molar-refractivity contribution in [2.75, 3.05) is 20.3 Å². The van der Waals surface area contributed by atoms with Gasteiger partial charge < -0.3 is 33.2 Å². The van der Waals surface area contributed by atoms with Gasteiger partial charge in [-0.15, -0.1) is 0 Å². The summed E-state index contributed by atoms with van der Waals surface area (Å²) in [5.74, 6) is -1.04. The van der Waals surface area contributed by atoms with Crippen LogP contribution < -0.4 is 4.74 Å². The van der Waals surface area contributed by atoms with Crippen molar-refractivity contribution in [2.24, 2.45) is 0 Å². The Morgan fingerprint density at radius 2 is 1.79 bits per heavy atom. The van der Waals surface area contributed by atoms with Crippen molar-refractivity contribution in [3.63, 3.8) is 0 Å². The highest BCUT2D eigenvalue weighted by atomic mass is 16.9. The van der Waals surface area contributed by atoms with E-state index in [0.717, 1.165) is 16.9 Å². The maximum atomic E-state index is 6.40.